The SMILES string of the molecule is CCOC(=O)c1ccc2cc(Cl)ccc2c1. The average molecular weight is 235 g/mol. The van der Waals surface area contributed by atoms with Crippen LogP contribution in [0.2, 0.25) is 5.02 Å². The summed E-state index contributed by atoms with van der Waals surface area (Å²) in [4.78, 5) is 11.5. The van der Waals surface area contributed by atoms with Gasteiger partial charge in [-0.05, 0) is 42.0 Å². The average Bonchev–Trinajstić information content (AvgIpc) is 2.28. The van der Waals surface area contributed by atoms with Crippen molar-refractivity contribution in [3.63, 3.8) is 0 Å². The van der Waals surface area contributed by atoms with E-state index in [0.29, 0.717) is 17.2 Å². The van der Waals surface area contributed by atoms with E-state index in [-0.39, 0.29) is 5.97 Å². The summed E-state index contributed by atoms with van der Waals surface area (Å²) in [5, 5.41) is 2.69. The second-order valence-electron chi connectivity index (χ2n) is 3.43. The first-order valence-electron chi connectivity index (χ1n) is 5.07. The van der Waals surface area contributed by atoms with Gasteiger partial charge in [-0.3, -0.25) is 0 Å². The molecule has 0 bridgehead atoms. The molecule has 0 saturated heterocycles. The van der Waals surface area contributed by atoms with Crippen molar-refractivity contribution in [2.75, 3.05) is 6.61 Å². The highest BCUT2D eigenvalue weighted by atomic mass is 35.5. The van der Waals surface area contributed by atoms with Gasteiger partial charge in [0, 0.05) is 5.02 Å². The lowest BCUT2D eigenvalue weighted by molar-refractivity contribution is 0.0526. The molecular weight excluding hydrogens is 224 g/mol. The van der Waals surface area contributed by atoms with Gasteiger partial charge in [-0.15, -0.1) is 0 Å². The fraction of sp³-hybridized carbons (Fsp3) is 0.154. The monoisotopic (exact) mass is 234 g/mol. The predicted octanol–water partition coefficient (Wildman–Crippen LogP) is 3.67. The van der Waals surface area contributed by atoms with Gasteiger partial charge in [0.15, 0.2) is 0 Å². The highest BCUT2D eigenvalue weighted by Crippen LogP contribution is 2.20. The molecule has 0 saturated carbocycles. The maximum atomic E-state index is 11.5. The van der Waals surface area contributed by atoms with Gasteiger partial charge < -0.3 is 4.74 Å². The Hall–Kier alpha value is -1.54. The molecule has 82 valence electrons. The predicted molar refractivity (Wildman–Crippen MR) is 64.9 cm³/mol. The number of carbonyl (C=O) groups is 1. The highest BCUT2D eigenvalue weighted by molar-refractivity contribution is 6.31. The number of halogens is 1. The number of rotatable bonds is 2. The van der Waals surface area contributed by atoms with Gasteiger partial charge in [0.25, 0.3) is 0 Å². The smallest absolute Gasteiger partial charge is 0.338 e. The molecule has 0 aliphatic rings. The van der Waals surface area contributed by atoms with E-state index in [9.17, 15) is 4.79 Å². The van der Waals surface area contributed by atoms with Crippen molar-refractivity contribution in [1.29, 1.82) is 0 Å². The Labute approximate surface area is 98.8 Å². The molecule has 2 aromatic rings. The van der Waals surface area contributed by atoms with Gasteiger partial charge in [-0.25, -0.2) is 4.79 Å². The summed E-state index contributed by atoms with van der Waals surface area (Å²) in [5.74, 6) is -0.292. The molecule has 0 amide bonds. The largest absolute Gasteiger partial charge is 0.462 e. The van der Waals surface area contributed by atoms with Crippen molar-refractivity contribution in [2.24, 2.45) is 0 Å². The zero-order valence-corrected chi connectivity index (χ0v) is 9.62. The van der Waals surface area contributed by atoms with Crippen molar-refractivity contribution in [1.82, 2.24) is 0 Å². The molecule has 0 aliphatic heterocycles. The minimum Gasteiger partial charge on any atom is -0.462 e. The van der Waals surface area contributed by atoms with Crippen LogP contribution in [0.15, 0.2) is 36.4 Å². The molecular formula is C13H11ClO2. The molecule has 0 aromatic heterocycles. The summed E-state index contributed by atoms with van der Waals surface area (Å²) in [6.45, 7) is 2.18. The number of esters is 1. The third-order valence-corrected chi connectivity index (χ3v) is 2.55. The van der Waals surface area contributed by atoms with Crippen LogP contribution in [0, 0.1) is 0 Å². The second-order valence-corrected chi connectivity index (χ2v) is 3.86. The summed E-state index contributed by atoms with van der Waals surface area (Å²) in [5.41, 5.74) is 0.566. The maximum Gasteiger partial charge on any atom is 0.338 e. The van der Waals surface area contributed by atoms with E-state index in [1.807, 2.05) is 24.3 Å². The van der Waals surface area contributed by atoms with Crippen molar-refractivity contribution in [3.8, 4) is 0 Å². The second kappa shape index (κ2) is 4.54. The number of fused-ring (bicyclic) bond motifs is 1. The van der Waals surface area contributed by atoms with E-state index in [2.05, 4.69) is 0 Å². The molecule has 16 heavy (non-hydrogen) atoms. The molecule has 0 fully saturated rings. The molecule has 0 heterocycles. The van der Waals surface area contributed by atoms with Crippen LogP contribution in [-0.2, 0) is 4.74 Å². The molecule has 2 rings (SSSR count). The van der Waals surface area contributed by atoms with Crippen LogP contribution in [0.25, 0.3) is 10.8 Å². The first-order valence-corrected chi connectivity index (χ1v) is 5.45. The van der Waals surface area contributed by atoms with E-state index in [0.717, 1.165) is 10.8 Å². The number of carbonyl (C=O) groups excluding carboxylic acids is 1. The van der Waals surface area contributed by atoms with Gasteiger partial charge in [-0.1, -0.05) is 23.7 Å². The zero-order valence-electron chi connectivity index (χ0n) is 8.87. The first-order chi connectivity index (χ1) is 7.70. The normalized spacial score (nSPS) is 10.4. The van der Waals surface area contributed by atoms with Crippen molar-refractivity contribution >= 4 is 28.3 Å². The van der Waals surface area contributed by atoms with Crippen LogP contribution in [0.4, 0.5) is 0 Å². The lowest BCUT2D eigenvalue weighted by atomic mass is 10.1. The molecule has 0 N–H and O–H groups in total. The topological polar surface area (TPSA) is 26.3 Å². The van der Waals surface area contributed by atoms with E-state index in [1.165, 1.54) is 0 Å². The maximum absolute atomic E-state index is 11.5. The summed E-state index contributed by atoms with van der Waals surface area (Å²) < 4.78 is 4.94. The number of hydrogen-bond donors (Lipinski definition) is 0. The van der Waals surface area contributed by atoms with Gasteiger partial charge in [0.1, 0.15) is 0 Å². The van der Waals surface area contributed by atoms with Crippen LogP contribution in [0.3, 0.4) is 0 Å². The molecule has 2 aromatic carbocycles. The van der Waals surface area contributed by atoms with Gasteiger partial charge >= 0.3 is 5.97 Å². The third kappa shape index (κ3) is 2.17. The quantitative estimate of drug-likeness (QED) is 0.741. The minimum absolute atomic E-state index is 0.292. The minimum atomic E-state index is -0.292. The van der Waals surface area contributed by atoms with Crippen LogP contribution in [0.5, 0.6) is 0 Å². The van der Waals surface area contributed by atoms with Gasteiger partial charge in [0.05, 0.1) is 12.2 Å². The Bertz CT molecular complexity index is 534. The number of ether oxygens (including phenoxy) is 1. The van der Waals surface area contributed by atoms with Crippen LogP contribution < -0.4 is 0 Å². The fourth-order valence-corrected chi connectivity index (χ4v) is 1.74. The lowest BCUT2D eigenvalue weighted by Gasteiger charge is -2.03. The van der Waals surface area contributed by atoms with E-state index in [1.54, 1.807) is 19.1 Å². The summed E-state index contributed by atoms with van der Waals surface area (Å²) in [6, 6.07) is 11.0. The van der Waals surface area contributed by atoms with Gasteiger partial charge in [-0.2, -0.15) is 0 Å². The Morgan fingerprint density at radius 1 is 1.19 bits per heavy atom. The first kappa shape index (κ1) is 11.0. The number of hydrogen-bond acceptors (Lipinski definition) is 2. The van der Waals surface area contributed by atoms with Crippen molar-refractivity contribution in [3.05, 3.63) is 47.0 Å². The molecule has 0 atom stereocenters. The third-order valence-electron chi connectivity index (χ3n) is 2.31. The Kier molecular flexibility index (Phi) is 3.11. The Balaban J connectivity index is 2.44. The highest BCUT2D eigenvalue weighted by Gasteiger charge is 2.06. The molecule has 3 heteroatoms. The van der Waals surface area contributed by atoms with E-state index in [4.69, 9.17) is 16.3 Å². The van der Waals surface area contributed by atoms with E-state index >= 15 is 0 Å². The fourth-order valence-electron chi connectivity index (χ4n) is 1.56. The Morgan fingerprint density at radius 3 is 2.62 bits per heavy atom. The van der Waals surface area contributed by atoms with Gasteiger partial charge in [0.2, 0.25) is 0 Å². The zero-order chi connectivity index (χ0) is 11.5. The summed E-state index contributed by atoms with van der Waals surface area (Å²) in [6.07, 6.45) is 0. The molecule has 2 nitrogen and oxygen atoms in total. The molecule has 0 unspecified atom stereocenters. The van der Waals surface area contributed by atoms with Crippen LogP contribution >= 0.6 is 11.6 Å². The van der Waals surface area contributed by atoms with Crippen LogP contribution in [0.1, 0.15) is 17.3 Å². The molecule has 0 spiro atoms. The molecule has 0 radical (unpaired) electrons. The summed E-state index contributed by atoms with van der Waals surface area (Å²) in [7, 11) is 0. The van der Waals surface area contributed by atoms with Crippen LogP contribution in [-0.4, -0.2) is 12.6 Å². The number of benzene rings is 2. The standard InChI is InChI=1S/C13H11ClO2/c1-2-16-13(15)11-4-3-10-8-12(14)6-5-9(10)7-11/h3-8H,2H2,1H3. The lowest BCUT2D eigenvalue weighted by Crippen LogP contribution is -2.04. The van der Waals surface area contributed by atoms with Crippen molar-refractivity contribution < 1.29 is 9.53 Å². The molecule has 0 aliphatic carbocycles. The van der Waals surface area contributed by atoms with E-state index < -0.39 is 0 Å². The summed E-state index contributed by atoms with van der Waals surface area (Å²) >= 11 is 5.88. The Morgan fingerprint density at radius 2 is 1.88 bits per heavy atom. The van der Waals surface area contributed by atoms with Crippen molar-refractivity contribution in [2.45, 2.75) is 6.92 Å².